The quantitative estimate of drug-likeness (QED) is 0.869. The van der Waals surface area contributed by atoms with Crippen molar-refractivity contribution in [3.05, 3.63) is 42.6 Å². The minimum atomic E-state index is -0.394. The van der Waals surface area contributed by atoms with Gasteiger partial charge in [0, 0.05) is 17.6 Å². The fourth-order valence-electron chi connectivity index (χ4n) is 2.16. The summed E-state index contributed by atoms with van der Waals surface area (Å²) in [6.07, 6.45) is 1.29. The molecule has 0 saturated carbocycles. The van der Waals surface area contributed by atoms with Gasteiger partial charge in [-0.05, 0) is 38.4 Å². The van der Waals surface area contributed by atoms with Gasteiger partial charge in [0.05, 0.1) is 10.6 Å². The zero-order valence-corrected chi connectivity index (χ0v) is 13.3. The van der Waals surface area contributed by atoms with Crippen molar-refractivity contribution in [2.24, 2.45) is 0 Å². The number of aromatic nitrogens is 1. The first-order chi connectivity index (χ1) is 10.7. The van der Waals surface area contributed by atoms with E-state index < -0.39 is 6.09 Å². The predicted octanol–water partition coefficient (Wildman–Crippen LogP) is 3.38. The van der Waals surface area contributed by atoms with Crippen molar-refractivity contribution in [2.45, 2.75) is 9.79 Å². The predicted molar refractivity (Wildman–Crippen MR) is 86.8 cm³/mol. The van der Waals surface area contributed by atoms with Gasteiger partial charge in [-0.1, -0.05) is 23.9 Å². The molecule has 0 aliphatic carbocycles. The number of fused-ring (bicyclic) bond motifs is 2. The van der Waals surface area contributed by atoms with E-state index in [2.05, 4.69) is 4.98 Å². The van der Waals surface area contributed by atoms with Gasteiger partial charge in [-0.15, -0.1) is 0 Å². The van der Waals surface area contributed by atoms with Crippen LogP contribution in [0.1, 0.15) is 0 Å². The molecular weight excluding hydrogens is 298 g/mol. The average Bonchev–Trinajstić information content (AvgIpc) is 2.52. The lowest BCUT2D eigenvalue weighted by atomic mass is 10.2. The Kier molecular flexibility index (Phi) is 4.31. The van der Waals surface area contributed by atoms with Crippen molar-refractivity contribution in [3.8, 4) is 0 Å². The summed E-state index contributed by atoms with van der Waals surface area (Å²) in [6.45, 7) is 1.03. The molecule has 1 amide bonds. The SMILES string of the molecule is CN(C)CCOC(=O)N1c2ccccc2Sc2cccnc21. The van der Waals surface area contributed by atoms with Crippen LogP contribution >= 0.6 is 11.8 Å². The summed E-state index contributed by atoms with van der Waals surface area (Å²) in [5.74, 6) is 0.626. The second kappa shape index (κ2) is 6.37. The molecule has 0 bridgehead atoms. The Morgan fingerprint density at radius 1 is 1.23 bits per heavy atom. The number of carbonyl (C=O) groups excluding carboxylic acids is 1. The first kappa shape index (κ1) is 14.9. The first-order valence-electron chi connectivity index (χ1n) is 7.00. The molecule has 0 unspecified atom stereocenters. The Bertz CT molecular complexity index is 645. The van der Waals surface area contributed by atoms with Gasteiger partial charge < -0.3 is 9.64 Å². The molecule has 6 heteroatoms. The largest absolute Gasteiger partial charge is 0.448 e. The minimum Gasteiger partial charge on any atom is -0.448 e. The lowest BCUT2D eigenvalue weighted by molar-refractivity contribution is 0.146. The average molecular weight is 315 g/mol. The smallest absolute Gasteiger partial charge is 0.420 e. The molecule has 1 aliphatic heterocycles. The molecule has 1 aromatic carbocycles. The van der Waals surface area contributed by atoms with E-state index in [0.29, 0.717) is 19.0 Å². The van der Waals surface area contributed by atoms with Crippen LogP contribution in [0.15, 0.2) is 52.4 Å². The summed E-state index contributed by atoms with van der Waals surface area (Å²) in [7, 11) is 3.88. The van der Waals surface area contributed by atoms with Gasteiger partial charge in [0.2, 0.25) is 0 Å². The van der Waals surface area contributed by atoms with E-state index in [-0.39, 0.29) is 0 Å². The summed E-state index contributed by atoms with van der Waals surface area (Å²) < 4.78 is 5.40. The molecule has 114 valence electrons. The van der Waals surface area contributed by atoms with Gasteiger partial charge in [0.1, 0.15) is 6.61 Å². The number of hydrogen-bond acceptors (Lipinski definition) is 5. The Labute approximate surface area is 133 Å². The van der Waals surface area contributed by atoms with Gasteiger partial charge in [-0.2, -0.15) is 0 Å². The number of amides is 1. The summed E-state index contributed by atoms with van der Waals surface area (Å²) in [4.78, 5) is 22.4. The molecular formula is C16H17N3O2S. The van der Waals surface area contributed by atoms with Crippen molar-refractivity contribution in [3.63, 3.8) is 0 Å². The fraction of sp³-hybridized carbons (Fsp3) is 0.250. The Hall–Kier alpha value is -2.05. The zero-order valence-electron chi connectivity index (χ0n) is 12.5. The third-order valence-corrected chi connectivity index (χ3v) is 4.34. The Balaban J connectivity index is 1.91. The Morgan fingerprint density at radius 2 is 2.00 bits per heavy atom. The van der Waals surface area contributed by atoms with Crippen molar-refractivity contribution in [2.75, 3.05) is 32.1 Å². The van der Waals surface area contributed by atoms with E-state index in [1.54, 1.807) is 22.9 Å². The van der Waals surface area contributed by atoms with Crippen molar-refractivity contribution < 1.29 is 9.53 Å². The molecule has 0 spiro atoms. The zero-order chi connectivity index (χ0) is 15.5. The molecule has 2 aromatic rings. The molecule has 0 saturated heterocycles. The molecule has 0 atom stereocenters. The van der Waals surface area contributed by atoms with Gasteiger partial charge in [-0.3, -0.25) is 0 Å². The summed E-state index contributed by atoms with van der Waals surface area (Å²) in [5, 5.41) is 0. The van der Waals surface area contributed by atoms with Gasteiger partial charge in [-0.25, -0.2) is 14.7 Å². The maximum Gasteiger partial charge on any atom is 0.420 e. The van der Waals surface area contributed by atoms with Crippen LogP contribution in [0.4, 0.5) is 16.3 Å². The number of anilines is 2. The van der Waals surface area contributed by atoms with Crippen LogP contribution in [0.3, 0.4) is 0 Å². The summed E-state index contributed by atoms with van der Waals surface area (Å²) in [6, 6.07) is 11.6. The maximum atomic E-state index is 12.5. The van der Waals surface area contributed by atoms with Gasteiger partial charge >= 0.3 is 6.09 Å². The molecule has 3 rings (SSSR count). The second-order valence-electron chi connectivity index (χ2n) is 5.15. The fourth-order valence-corrected chi connectivity index (χ4v) is 3.18. The summed E-state index contributed by atoms with van der Waals surface area (Å²) in [5.41, 5.74) is 0.813. The number of rotatable bonds is 3. The van der Waals surface area contributed by atoms with E-state index >= 15 is 0 Å². The van der Waals surface area contributed by atoms with Crippen LogP contribution in [0.2, 0.25) is 0 Å². The van der Waals surface area contributed by atoms with Crippen molar-refractivity contribution in [1.29, 1.82) is 0 Å². The van der Waals surface area contributed by atoms with E-state index in [1.807, 2.05) is 55.4 Å². The molecule has 22 heavy (non-hydrogen) atoms. The number of benzene rings is 1. The van der Waals surface area contributed by atoms with Crippen LogP contribution in [0.5, 0.6) is 0 Å². The van der Waals surface area contributed by atoms with Crippen LogP contribution < -0.4 is 4.90 Å². The lowest BCUT2D eigenvalue weighted by Gasteiger charge is -2.29. The van der Waals surface area contributed by atoms with Crippen molar-refractivity contribution >= 4 is 29.4 Å². The lowest BCUT2D eigenvalue weighted by Crippen LogP contribution is -2.31. The van der Waals surface area contributed by atoms with Crippen LogP contribution in [-0.4, -0.2) is 43.2 Å². The second-order valence-corrected chi connectivity index (χ2v) is 6.23. The van der Waals surface area contributed by atoms with Crippen LogP contribution in [-0.2, 0) is 4.74 Å². The van der Waals surface area contributed by atoms with Crippen molar-refractivity contribution in [1.82, 2.24) is 9.88 Å². The topological polar surface area (TPSA) is 45.7 Å². The molecule has 1 aromatic heterocycles. The van der Waals surface area contributed by atoms with Gasteiger partial charge in [0.25, 0.3) is 0 Å². The molecule has 5 nitrogen and oxygen atoms in total. The standard InChI is InChI=1S/C16H17N3O2S/c1-18(2)10-11-21-16(20)19-12-6-3-4-7-13(12)22-14-8-5-9-17-15(14)19/h3-9H,10-11H2,1-2H3. The monoisotopic (exact) mass is 315 g/mol. The summed E-state index contributed by atoms with van der Waals surface area (Å²) >= 11 is 1.61. The van der Waals surface area contributed by atoms with E-state index in [4.69, 9.17) is 4.74 Å². The number of carbonyl (C=O) groups is 1. The molecule has 0 fully saturated rings. The Morgan fingerprint density at radius 3 is 2.82 bits per heavy atom. The third kappa shape index (κ3) is 2.93. The van der Waals surface area contributed by atoms with E-state index in [1.165, 1.54) is 0 Å². The highest BCUT2D eigenvalue weighted by Gasteiger charge is 2.30. The van der Waals surface area contributed by atoms with E-state index in [9.17, 15) is 4.79 Å². The van der Waals surface area contributed by atoms with Gasteiger partial charge in [0.15, 0.2) is 5.82 Å². The molecule has 1 aliphatic rings. The molecule has 2 heterocycles. The normalized spacial score (nSPS) is 12.8. The maximum absolute atomic E-state index is 12.5. The first-order valence-corrected chi connectivity index (χ1v) is 7.82. The number of para-hydroxylation sites is 1. The highest BCUT2D eigenvalue weighted by Crippen LogP contribution is 2.46. The highest BCUT2D eigenvalue weighted by molar-refractivity contribution is 7.99. The molecule has 0 radical (unpaired) electrons. The number of likely N-dealkylation sites (N-methyl/N-ethyl adjacent to an activating group) is 1. The number of nitrogens with zero attached hydrogens (tertiary/aromatic N) is 3. The third-order valence-electron chi connectivity index (χ3n) is 3.24. The van der Waals surface area contributed by atoms with Crippen LogP contribution in [0, 0.1) is 0 Å². The highest BCUT2D eigenvalue weighted by atomic mass is 32.2. The molecule has 0 N–H and O–H groups in total. The number of pyridine rings is 1. The van der Waals surface area contributed by atoms with Crippen LogP contribution in [0.25, 0.3) is 0 Å². The minimum absolute atomic E-state index is 0.347. The van der Waals surface area contributed by atoms with E-state index in [0.717, 1.165) is 15.5 Å². The number of ether oxygens (including phenoxy) is 1. The number of hydrogen-bond donors (Lipinski definition) is 0.